The molecule has 1 amide bonds. The van der Waals surface area contributed by atoms with Crippen LogP contribution in [0.5, 0.6) is 0 Å². The number of para-hydroxylation sites is 1. The molecule has 4 heteroatoms. The summed E-state index contributed by atoms with van der Waals surface area (Å²) in [6.45, 7) is 3.02. The van der Waals surface area contributed by atoms with Crippen molar-refractivity contribution in [3.8, 4) is 0 Å². The number of carbonyl (C=O) groups is 1. The third-order valence-electron chi connectivity index (χ3n) is 5.13. The Morgan fingerprint density at radius 1 is 1.14 bits per heavy atom. The maximum Gasteiger partial charge on any atom is 0.270 e. The summed E-state index contributed by atoms with van der Waals surface area (Å²) in [5.74, 6) is 0.160. The molecule has 1 aromatic carbocycles. The first-order chi connectivity index (χ1) is 10.6. The second-order valence-corrected chi connectivity index (χ2v) is 6.39. The second kappa shape index (κ2) is 4.63. The molecule has 3 heterocycles. The van der Waals surface area contributed by atoms with Crippen LogP contribution in [0.25, 0.3) is 21.9 Å². The molecule has 0 radical (unpaired) electrons. The number of benzene rings is 1. The predicted molar refractivity (Wildman–Crippen MR) is 89.1 cm³/mol. The quantitative estimate of drug-likeness (QED) is 0.677. The van der Waals surface area contributed by atoms with Crippen molar-refractivity contribution in [2.75, 3.05) is 6.54 Å². The van der Waals surface area contributed by atoms with Gasteiger partial charge in [-0.2, -0.15) is 0 Å². The topological polar surface area (TPSA) is 30.2 Å². The largest absolute Gasteiger partial charge is 0.342 e. The van der Waals surface area contributed by atoms with Crippen LogP contribution in [0.15, 0.2) is 30.3 Å². The van der Waals surface area contributed by atoms with Crippen molar-refractivity contribution in [2.45, 2.75) is 25.8 Å². The van der Waals surface area contributed by atoms with Gasteiger partial charge < -0.3 is 14.0 Å². The van der Waals surface area contributed by atoms with E-state index in [1.54, 1.807) is 0 Å². The molecule has 0 saturated carbocycles. The van der Waals surface area contributed by atoms with E-state index in [0.717, 1.165) is 36.1 Å². The van der Waals surface area contributed by atoms with E-state index in [4.69, 9.17) is 0 Å². The number of fused-ring (bicyclic) bond motifs is 3. The van der Waals surface area contributed by atoms with Crippen LogP contribution in [0.1, 0.15) is 30.3 Å². The summed E-state index contributed by atoms with van der Waals surface area (Å²) in [5, 5.41) is 1.20. The van der Waals surface area contributed by atoms with Gasteiger partial charge in [-0.3, -0.25) is 4.79 Å². The Balaban J connectivity index is 1.91. The van der Waals surface area contributed by atoms with Gasteiger partial charge in [-0.05, 0) is 31.9 Å². The lowest BCUT2D eigenvalue weighted by atomic mass is 10.2. The van der Waals surface area contributed by atoms with Gasteiger partial charge in [0.15, 0.2) is 0 Å². The van der Waals surface area contributed by atoms with Gasteiger partial charge >= 0.3 is 0 Å². The number of hydrogen-bond donors (Lipinski definition) is 0. The Morgan fingerprint density at radius 3 is 2.64 bits per heavy atom. The van der Waals surface area contributed by atoms with Gasteiger partial charge in [0.2, 0.25) is 0 Å². The number of nitrogens with zero attached hydrogens (tertiary/aromatic N) is 3. The summed E-state index contributed by atoms with van der Waals surface area (Å²) < 4.78 is 4.24. The molecule has 4 rings (SSSR count). The van der Waals surface area contributed by atoms with Crippen LogP contribution < -0.4 is 0 Å². The molecule has 22 heavy (non-hydrogen) atoms. The Kier molecular flexibility index (Phi) is 2.83. The Labute approximate surface area is 129 Å². The first-order valence-corrected chi connectivity index (χ1v) is 7.93. The van der Waals surface area contributed by atoms with Gasteiger partial charge in [-0.1, -0.05) is 18.2 Å². The Hall–Kier alpha value is -2.23. The van der Waals surface area contributed by atoms with Crippen molar-refractivity contribution < 1.29 is 4.79 Å². The Bertz CT molecular complexity index is 887. The molecule has 0 bridgehead atoms. The van der Waals surface area contributed by atoms with E-state index in [0.29, 0.717) is 6.04 Å². The summed E-state index contributed by atoms with van der Waals surface area (Å²) >= 11 is 0. The van der Waals surface area contributed by atoms with Crippen molar-refractivity contribution in [3.63, 3.8) is 0 Å². The molecule has 3 aromatic rings. The summed E-state index contributed by atoms with van der Waals surface area (Å²) in [4.78, 5) is 14.9. The van der Waals surface area contributed by atoms with E-state index >= 15 is 0 Å². The molecular formula is C18H21N3O. The van der Waals surface area contributed by atoms with E-state index < -0.39 is 0 Å². The van der Waals surface area contributed by atoms with Crippen LogP contribution in [0.3, 0.4) is 0 Å². The van der Waals surface area contributed by atoms with Crippen LogP contribution in [-0.2, 0) is 14.1 Å². The highest BCUT2D eigenvalue weighted by Crippen LogP contribution is 2.31. The van der Waals surface area contributed by atoms with Crippen molar-refractivity contribution >= 4 is 27.8 Å². The summed E-state index contributed by atoms with van der Waals surface area (Å²) in [6, 6.07) is 10.8. The van der Waals surface area contributed by atoms with E-state index in [9.17, 15) is 4.79 Å². The molecule has 2 aromatic heterocycles. The molecular weight excluding hydrogens is 274 g/mol. The monoisotopic (exact) mass is 295 g/mol. The molecule has 4 nitrogen and oxygen atoms in total. The van der Waals surface area contributed by atoms with Crippen LogP contribution in [-0.4, -0.2) is 32.5 Å². The van der Waals surface area contributed by atoms with Gasteiger partial charge in [0, 0.05) is 32.1 Å². The van der Waals surface area contributed by atoms with Gasteiger partial charge in [-0.25, -0.2) is 0 Å². The van der Waals surface area contributed by atoms with Crippen LogP contribution in [0.4, 0.5) is 0 Å². The smallest absolute Gasteiger partial charge is 0.270 e. The minimum atomic E-state index is 0.160. The van der Waals surface area contributed by atoms with Gasteiger partial charge in [0.05, 0.1) is 16.6 Å². The van der Waals surface area contributed by atoms with Gasteiger partial charge in [0.25, 0.3) is 5.91 Å². The number of carbonyl (C=O) groups excluding carboxylic acids is 1. The second-order valence-electron chi connectivity index (χ2n) is 6.39. The average molecular weight is 295 g/mol. The van der Waals surface area contributed by atoms with Crippen molar-refractivity contribution in [2.24, 2.45) is 14.1 Å². The first kappa shape index (κ1) is 13.4. The number of likely N-dealkylation sites (tertiary alicyclic amines) is 1. The van der Waals surface area contributed by atoms with Crippen molar-refractivity contribution in [3.05, 3.63) is 36.0 Å². The zero-order valence-electron chi connectivity index (χ0n) is 13.3. The maximum absolute atomic E-state index is 12.9. The van der Waals surface area contributed by atoms with Crippen LogP contribution >= 0.6 is 0 Å². The molecule has 1 aliphatic heterocycles. The predicted octanol–water partition coefficient (Wildman–Crippen LogP) is 3.29. The zero-order valence-corrected chi connectivity index (χ0v) is 13.3. The van der Waals surface area contributed by atoms with E-state index in [-0.39, 0.29) is 5.91 Å². The highest BCUT2D eigenvalue weighted by atomic mass is 16.2. The van der Waals surface area contributed by atoms with Gasteiger partial charge in [-0.15, -0.1) is 0 Å². The fourth-order valence-electron chi connectivity index (χ4n) is 3.84. The third kappa shape index (κ3) is 1.67. The maximum atomic E-state index is 12.9. The zero-order chi connectivity index (χ0) is 15.4. The SMILES string of the molecule is CC1CCCN1C(=O)c1cc2c(c3ccccc3n2C)n1C. The highest BCUT2D eigenvalue weighted by Gasteiger charge is 2.28. The van der Waals surface area contributed by atoms with Crippen LogP contribution in [0, 0.1) is 0 Å². The molecule has 1 unspecified atom stereocenters. The lowest BCUT2D eigenvalue weighted by molar-refractivity contribution is 0.0738. The summed E-state index contributed by atoms with van der Waals surface area (Å²) in [6.07, 6.45) is 2.22. The number of amides is 1. The molecule has 1 atom stereocenters. The van der Waals surface area contributed by atoms with E-state index in [1.165, 1.54) is 10.9 Å². The van der Waals surface area contributed by atoms with E-state index in [1.807, 2.05) is 18.0 Å². The molecule has 1 aliphatic rings. The molecule has 0 N–H and O–H groups in total. The standard InChI is InChI=1S/C18H21N3O/c1-12-7-6-10-21(12)18(22)16-11-15-17(20(16)3)13-8-4-5-9-14(13)19(15)2/h4-5,8-9,11-12H,6-7,10H2,1-3H3. The molecule has 1 saturated heterocycles. The van der Waals surface area contributed by atoms with Crippen molar-refractivity contribution in [1.29, 1.82) is 0 Å². The average Bonchev–Trinajstić information content (AvgIpc) is 3.16. The lowest BCUT2D eigenvalue weighted by Gasteiger charge is -2.21. The highest BCUT2D eigenvalue weighted by molar-refractivity contribution is 6.10. The summed E-state index contributed by atoms with van der Waals surface area (Å²) in [7, 11) is 4.07. The number of aryl methyl sites for hydroxylation is 2. The minimum absolute atomic E-state index is 0.160. The molecule has 0 aliphatic carbocycles. The van der Waals surface area contributed by atoms with Gasteiger partial charge in [0.1, 0.15) is 5.69 Å². The van der Waals surface area contributed by atoms with Crippen LogP contribution in [0.2, 0.25) is 0 Å². The van der Waals surface area contributed by atoms with E-state index in [2.05, 4.69) is 47.4 Å². The number of hydrogen-bond acceptors (Lipinski definition) is 1. The fraction of sp³-hybridized carbons (Fsp3) is 0.389. The number of rotatable bonds is 1. The fourth-order valence-corrected chi connectivity index (χ4v) is 3.84. The third-order valence-corrected chi connectivity index (χ3v) is 5.13. The molecule has 114 valence electrons. The minimum Gasteiger partial charge on any atom is -0.342 e. The Morgan fingerprint density at radius 2 is 1.91 bits per heavy atom. The molecule has 1 fully saturated rings. The van der Waals surface area contributed by atoms with Crippen molar-refractivity contribution in [1.82, 2.24) is 14.0 Å². The first-order valence-electron chi connectivity index (χ1n) is 7.93. The number of aromatic nitrogens is 2. The normalized spacial score (nSPS) is 18.7. The lowest BCUT2D eigenvalue weighted by Crippen LogP contribution is -2.34. The summed E-state index contributed by atoms with van der Waals surface area (Å²) in [5.41, 5.74) is 4.27. The molecule has 0 spiro atoms.